The molecule has 1 unspecified atom stereocenters. The Morgan fingerprint density at radius 2 is 2.18 bits per heavy atom. The first kappa shape index (κ1) is 8.51. The molecule has 1 heteroatoms. The second-order valence-electron chi connectivity index (χ2n) is 3.82. The third-order valence-corrected chi connectivity index (χ3v) is 2.09. The Morgan fingerprint density at radius 3 is 2.55 bits per heavy atom. The highest BCUT2D eigenvalue weighted by Crippen LogP contribution is 2.27. The summed E-state index contributed by atoms with van der Waals surface area (Å²) in [4.78, 5) is 11.1. The molecule has 0 spiro atoms. The Labute approximate surface area is 68.5 Å². The van der Waals surface area contributed by atoms with E-state index in [0.717, 1.165) is 6.42 Å². The lowest BCUT2D eigenvalue weighted by Crippen LogP contribution is -1.98. The van der Waals surface area contributed by atoms with Crippen molar-refractivity contribution in [1.82, 2.24) is 0 Å². The molecular weight excluding hydrogens is 136 g/mol. The molecule has 1 nitrogen and oxygen atoms in total. The molecule has 0 aromatic carbocycles. The summed E-state index contributed by atoms with van der Waals surface area (Å²) >= 11 is 0. The number of rotatable bonds is 1. The average molecular weight is 152 g/mol. The SMILES string of the molecule is CC(C)/C=C1/CC(=O)C(C)C1. The highest BCUT2D eigenvalue weighted by Gasteiger charge is 2.23. The fraction of sp³-hybridized carbons (Fsp3) is 0.700. The minimum Gasteiger partial charge on any atom is -0.299 e. The van der Waals surface area contributed by atoms with E-state index in [1.54, 1.807) is 0 Å². The summed E-state index contributed by atoms with van der Waals surface area (Å²) in [6.07, 6.45) is 3.93. The molecule has 0 N–H and O–H groups in total. The molecule has 11 heavy (non-hydrogen) atoms. The van der Waals surface area contributed by atoms with E-state index in [1.807, 2.05) is 6.92 Å². The lowest BCUT2D eigenvalue weighted by atomic mass is 10.1. The number of hydrogen-bond donors (Lipinski definition) is 0. The molecular formula is C10H16O. The van der Waals surface area contributed by atoms with Crippen molar-refractivity contribution in [1.29, 1.82) is 0 Å². The zero-order valence-electron chi connectivity index (χ0n) is 7.55. The molecule has 0 aliphatic heterocycles. The van der Waals surface area contributed by atoms with Crippen molar-refractivity contribution < 1.29 is 4.79 Å². The first-order chi connectivity index (χ1) is 5.09. The molecule has 62 valence electrons. The van der Waals surface area contributed by atoms with Crippen LogP contribution in [0.4, 0.5) is 0 Å². The van der Waals surface area contributed by atoms with Crippen LogP contribution in [-0.4, -0.2) is 5.78 Å². The molecule has 0 amide bonds. The van der Waals surface area contributed by atoms with Crippen LogP contribution in [0.25, 0.3) is 0 Å². The van der Waals surface area contributed by atoms with Gasteiger partial charge in [-0.2, -0.15) is 0 Å². The minimum atomic E-state index is 0.278. The van der Waals surface area contributed by atoms with E-state index in [4.69, 9.17) is 0 Å². The van der Waals surface area contributed by atoms with Crippen LogP contribution in [0.2, 0.25) is 0 Å². The zero-order valence-corrected chi connectivity index (χ0v) is 7.55. The smallest absolute Gasteiger partial charge is 0.140 e. The first-order valence-corrected chi connectivity index (χ1v) is 4.32. The molecule has 1 aliphatic rings. The molecule has 0 radical (unpaired) electrons. The van der Waals surface area contributed by atoms with Gasteiger partial charge in [0.05, 0.1) is 0 Å². The van der Waals surface area contributed by atoms with E-state index >= 15 is 0 Å². The summed E-state index contributed by atoms with van der Waals surface area (Å²) in [6.45, 7) is 6.32. The first-order valence-electron chi connectivity index (χ1n) is 4.32. The topological polar surface area (TPSA) is 17.1 Å². The van der Waals surface area contributed by atoms with Crippen molar-refractivity contribution in [2.45, 2.75) is 33.6 Å². The van der Waals surface area contributed by atoms with Crippen LogP contribution in [0.15, 0.2) is 11.6 Å². The Bertz CT molecular complexity index is 189. The molecule has 1 saturated carbocycles. The van der Waals surface area contributed by atoms with Crippen LogP contribution in [0.5, 0.6) is 0 Å². The van der Waals surface area contributed by atoms with Gasteiger partial charge in [0.2, 0.25) is 0 Å². The number of carbonyl (C=O) groups is 1. The number of Topliss-reactive ketones (excluding diaryl/α,β-unsaturated/α-hetero) is 1. The maximum atomic E-state index is 11.1. The second kappa shape index (κ2) is 3.21. The van der Waals surface area contributed by atoms with Crippen LogP contribution in [0.1, 0.15) is 33.6 Å². The van der Waals surface area contributed by atoms with Gasteiger partial charge in [0, 0.05) is 12.3 Å². The monoisotopic (exact) mass is 152 g/mol. The summed E-state index contributed by atoms with van der Waals surface area (Å²) in [6, 6.07) is 0. The standard InChI is InChI=1S/C10H16O/c1-7(2)4-9-5-8(3)10(11)6-9/h4,7-8H,5-6H2,1-3H3/b9-4+. The van der Waals surface area contributed by atoms with E-state index in [2.05, 4.69) is 19.9 Å². The van der Waals surface area contributed by atoms with Crippen LogP contribution in [-0.2, 0) is 4.79 Å². The molecule has 1 fully saturated rings. The number of hydrogen-bond acceptors (Lipinski definition) is 1. The number of allylic oxidation sites excluding steroid dienone is 2. The van der Waals surface area contributed by atoms with Crippen LogP contribution in [0.3, 0.4) is 0 Å². The summed E-state index contributed by atoms with van der Waals surface area (Å²) < 4.78 is 0. The Morgan fingerprint density at radius 1 is 1.55 bits per heavy atom. The summed E-state index contributed by atoms with van der Waals surface area (Å²) in [5.41, 5.74) is 1.34. The fourth-order valence-electron chi connectivity index (χ4n) is 1.58. The Balaban J connectivity index is 2.60. The van der Waals surface area contributed by atoms with Crippen LogP contribution in [0, 0.1) is 11.8 Å². The highest BCUT2D eigenvalue weighted by atomic mass is 16.1. The molecule has 1 rings (SSSR count). The third-order valence-electron chi connectivity index (χ3n) is 2.09. The van der Waals surface area contributed by atoms with E-state index in [-0.39, 0.29) is 5.92 Å². The van der Waals surface area contributed by atoms with Gasteiger partial charge in [-0.3, -0.25) is 4.79 Å². The molecule has 1 atom stereocenters. The van der Waals surface area contributed by atoms with Gasteiger partial charge < -0.3 is 0 Å². The molecule has 1 aliphatic carbocycles. The molecule has 0 heterocycles. The Hall–Kier alpha value is -0.590. The van der Waals surface area contributed by atoms with E-state index < -0.39 is 0 Å². The fourth-order valence-corrected chi connectivity index (χ4v) is 1.58. The molecule has 0 aromatic heterocycles. The lowest BCUT2D eigenvalue weighted by molar-refractivity contribution is -0.120. The van der Waals surface area contributed by atoms with Gasteiger partial charge in [0.25, 0.3) is 0 Å². The molecule has 0 saturated heterocycles. The predicted octanol–water partition coefficient (Wildman–Crippen LogP) is 2.57. The van der Waals surface area contributed by atoms with Gasteiger partial charge in [-0.1, -0.05) is 32.4 Å². The Kier molecular flexibility index (Phi) is 2.48. The largest absolute Gasteiger partial charge is 0.299 e. The number of ketones is 1. The average Bonchev–Trinajstić information content (AvgIpc) is 2.10. The summed E-state index contributed by atoms with van der Waals surface area (Å²) in [7, 11) is 0. The van der Waals surface area contributed by atoms with Crippen LogP contribution < -0.4 is 0 Å². The van der Waals surface area contributed by atoms with Gasteiger partial charge in [-0.05, 0) is 12.3 Å². The molecule has 0 bridgehead atoms. The molecule has 0 aromatic rings. The number of carbonyl (C=O) groups excluding carboxylic acids is 1. The van der Waals surface area contributed by atoms with Gasteiger partial charge in [0.1, 0.15) is 5.78 Å². The van der Waals surface area contributed by atoms with E-state index in [9.17, 15) is 4.79 Å². The highest BCUT2D eigenvalue weighted by molar-refractivity contribution is 5.86. The maximum Gasteiger partial charge on any atom is 0.140 e. The third kappa shape index (κ3) is 2.18. The van der Waals surface area contributed by atoms with Crippen molar-refractivity contribution in [3.05, 3.63) is 11.6 Å². The van der Waals surface area contributed by atoms with Crippen molar-refractivity contribution in [2.24, 2.45) is 11.8 Å². The lowest BCUT2D eigenvalue weighted by Gasteiger charge is -1.98. The van der Waals surface area contributed by atoms with E-state index in [0.29, 0.717) is 18.1 Å². The second-order valence-corrected chi connectivity index (χ2v) is 3.82. The maximum absolute atomic E-state index is 11.1. The minimum absolute atomic E-state index is 0.278. The van der Waals surface area contributed by atoms with Gasteiger partial charge >= 0.3 is 0 Å². The van der Waals surface area contributed by atoms with Crippen molar-refractivity contribution in [3.63, 3.8) is 0 Å². The summed E-state index contributed by atoms with van der Waals surface area (Å²) in [5.74, 6) is 1.28. The van der Waals surface area contributed by atoms with Gasteiger partial charge in [-0.25, -0.2) is 0 Å². The quantitative estimate of drug-likeness (QED) is 0.528. The van der Waals surface area contributed by atoms with Crippen molar-refractivity contribution in [2.75, 3.05) is 0 Å². The van der Waals surface area contributed by atoms with Gasteiger partial charge in [-0.15, -0.1) is 0 Å². The summed E-state index contributed by atoms with van der Waals surface area (Å²) in [5, 5.41) is 0. The van der Waals surface area contributed by atoms with Crippen LogP contribution >= 0.6 is 0 Å². The van der Waals surface area contributed by atoms with Crippen molar-refractivity contribution in [3.8, 4) is 0 Å². The van der Waals surface area contributed by atoms with Gasteiger partial charge in [0.15, 0.2) is 0 Å². The van der Waals surface area contributed by atoms with Crippen molar-refractivity contribution >= 4 is 5.78 Å². The normalized spacial score (nSPS) is 28.9. The predicted molar refractivity (Wildman–Crippen MR) is 46.3 cm³/mol. The van der Waals surface area contributed by atoms with E-state index in [1.165, 1.54) is 5.57 Å². The zero-order chi connectivity index (χ0) is 8.43.